The Morgan fingerprint density at radius 1 is 0.850 bits per heavy atom. The molecule has 0 heterocycles. The van der Waals surface area contributed by atoms with Crippen LogP contribution in [0, 0.1) is 0 Å². The third-order valence-corrected chi connectivity index (χ3v) is 2.43. The molecule has 0 atom stereocenters. The fourth-order valence-corrected chi connectivity index (χ4v) is 1.59. The molecular formula is C14H10F4N2. The Balaban J connectivity index is 2.40. The predicted octanol–water partition coefficient (Wildman–Crippen LogP) is 4.67. The summed E-state index contributed by atoms with van der Waals surface area (Å²) < 4.78 is 52.8. The number of para-hydroxylation sites is 2. The smallest absolute Gasteiger partial charge is 0.212 e. The van der Waals surface area contributed by atoms with Gasteiger partial charge in [-0.15, -0.1) is 13.2 Å². The molecule has 104 valence electrons. The number of aliphatic imine (C=N–C) groups is 1. The summed E-state index contributed by atoms with van der Waals surface area (Å²) in [6, 6.07) is 14.3. The molecule has 2 nitrogen and oxygen atoms in total. The lowest BCUT2D eigenvalue weighted by Crippen LogP contribution is -2.41. The SMILES string of the molecule is FC(=Nc1ccccc1)N(c1ccccc1)C(F)(F)F. The zero-order chi connectivity index (χ0) is 14.6. The molecule has 0 bridgehead atoms. The second-order valence-electron chi connectivity index (χ2n) is 3.86. The fourth-order valence-electron chi connectivity index (χ4n) is 1.59. The molecule has 0 amide bonds. The number of anilines is 1. The van der Waals surface area contributed by atoms with Gasteiger partial charge in [-0.05, 0) is 24.3 Å². The molecule has 2 aromatic rings. The molecule has 0 aliphatic carbocycles. The average molecular weight is 282 g/mol. The Morgan fingerprint density at radius 3 is 1.85 bits per heavy atom. The highest BCUT2D eigenvalue weighted by Gasteiger charge is 2.41. The van der Waals surface area contributed by atoms with E-state index in [1.165, 1.54) is 24.3 Å². The van der Waals surface area contributed by atoms with Crippen LogP contribution in [0.3, 0.4) is 0 Å². The minimum Gasteiger partial charge on any atom is -0.212 e. The van der Waals surface area contributed by atoms with E-state index in [1.54, 1.807) is 24.3 Å². The summed E-state index contributed by atoms with van der Waals surface area (Å²) in [5.41, 5.74) is -0.229. The van der Waals surface area contributed by atoms with Gasteiger partial charge in [0.1, 0.15) is 0 Å². The van der Waals surface area contributed by atoms with Crippen molar-refractivity contribution in [2.75, 3.05) is 4.90 Å². The number of amidine groups is 1. The lowest BCUT2D eigenvalue weighted by Gasteiger charge is -2.23. The first kappa shape index (κ1) is 14.0. The van der Waals surface area contributed by atoms with E-state index in [2.05, 4.69) is 4.99 Å². The summed E-state index contributed by atoms with van der Waals surface area (Å²) in [5.74, 6) is 0. The lowest BCUT2D eigenvalue weighted by molar-refractivity contribution is -0.119. The molecule has 0 fully saturated rings. The van der Waals surface area contributed by atoms with Crippen molar-refractivity contribution >= 4 is 17.5 Å². The Bertz CT molecular complexity index is 579. The van der Waals surface area contributed by atoms with Crippen molar-refractivity contribution in [2.45, 2.75) is 6.30 Å². The van der Waals surface area contributed by atoms with Crippen LogP contribution >= 0.6 is 0 Å². The molecule has 2 rings (SSSR count). The van der Waals surface area contributed by atoms with E-state index in [-0.39, 0.29) is 11.4 Å². The van der Waals surface area contributed by atoms with E-state index >= 15 is 0 Å². The van der Waals surface area contributed by atoms with Crippen LogP contribution in [0.15, 0.2) is 65.7 Å². The number of rotatable bonds is 2. The molecule has 0 saturated heterocycles. The van der Waals surface area contributed by atoms with Crippen LogP contribution in [0.5, 0.6) is 0 Å². The van der Waals surface area contributed by atoms with Gasteiger partial charge in [-0.25, -0.2) is 9.89 Å². The Morgan fingerprint density at radius 2 is 1.35 bits per heavy atom. The number of halogens is 4. The van der Waals surface area contributed by atoms with Crippen molar-refractivity contribution in [1.82, 2.24) is 0 Å². The van der Waals surface area contributed by atoms with Crippen molar-refractivity contribution < 1.29 is 17.6 Å². The van der Waals surface area contributed by atoms with Gasteiger partial charge in [-0.2, -0.15) is 4.39 Å². The van der Waals surface area contributed by atoms with E-state index in [0.717, 1.165) is 12.1 Å². The highest BCUT2D eigenvalue weighted by Crippen LogP contribution is 2.30. The van der Waals surface area contributed by atoms with Gasteiger partial charge < -0.3 is 0 Å². The van der Waals surface area contributed by atoms with Crippen molar-refractivity contribution in [3.05, 3.63) is 60.7 Å². The topological polar surface area (TPSA) is 15.6 Å². The van der Waals surface area contributed by atoms with Crippen molar-refractivity contribution in [1.29, 1.82) is 0 Å². The molecule has 2 aromatic carbocycles. The van der Waals surface area contributed by atoms with Gasteiger partial charge in [0, 0.05) is 0 Å². The van der Waals surface area contributed by atoms with Gasteiger partial charge in [0.05, 0.1) is 11.4 Å². The predicted molar refractivity (Wildman–Crippen MR) is 69.6 cm³/mol. The molecule has 0 unspecified atom stereocenters. The van der Waals surface area contributed by atoms with Crippen LogP contribution in [0.4, 0.5) is 28.9 Å². The Hall–Kier alpha value is -2.37. The highest BCUT2D eigenvalue weighted by molar-refractivity contribution is 5.93. The minimum absolute atomic E-state index is 0.107. The van der Waals surface area contributed by atoms with E-state index in [0.29, 0.717) is 0 Å². The minimum atomic E-state index is -4.90. The van der Waals surface area contributed by atoms with E-state index < -0.39 is 17.3 Å². The first-order valence-electron chi connectivity index (χ1n) is 5.70. The van der Waals surface area contributed by atoms with Crippen molar-refractivity contribution in [2.24, 2.45) is 4.99 Å². The largest absolute Gasteiger partial charge is 0.492 e. The molecule has 0 spiro atoms. The van der Waals surface area contributed by atoms with E-state index in [1.807, 2.05) is 0 Å². The maximum absolute atomic E-state index is 13.9. The van der Waals surface area contributed by atoms with Gasteiger partial charge in [0.25, 0.3) is 6.09 Å². The molecule has 0 aliphatic rings. The highest BCUT2D eigenvalue weighted by atomic mass is 19.4. The maximum atomic E-state index is 13.9. The molecule has 0 N–H and O–H groups in total. The summed E-state index contributed by atoms with van der Waals surface area (Å²) in [7, 11) is 0. The molecule has 20 heavy (non-hydrogen) atoms. The summed E-state index contributed by atoms with van der Waals surface area (Å²) in [6.45, 7) is 0. The monoisotopic (exact) mass is 282 g/mol. The standard InChI is InChI=1S/C14H10F4N2/c15-13(19-11-7-3-1-4-8-11)20(14(16,17)18)12-9-5-2-6-10-12/h1-10H. The third kappa shape index (κ3) is 3.34. The van der Waals surface area contributed by atoms with Crippen LogP contribution in [0.25, 0.3) is 0 Å². The van der Waals surface area contributed by atoms with Crippen LogP contribution < -0.4 is 4.90 Å². The molecule has 0 aromatic heterocycles. The van der Waals surface area contributed by atoms with Crippen LogP contribution in [0.1, 0.15) is 0 Å². The number of alkyl halides is 3. The Kier molecular flexibility index (Phi) is 4.02. The normalized spacial score (nSPS) is 12.3. The number of nitrogens with zero attached hydrogens (tertiary/aromatic N) is 2. The van der Waals surface area contributed by atoms with Gasteiger partial charge in [0.2, 0.25) is 0 Å². The summed E-state index contributed by atoms with van der Waals surface area (Å²) in [5, 5.41) is 0. The lowest BCUT2D eigenvalue weighted by atomic mass is 10.3. The van der Waals surface area contributed by atoms with Gasteiger partial charge >= 0.3 is 6.30 Å². The molecule has 6 heteroatoms. The average Bonchev–Trinajstić information content (AvgIpc) is 2.39. The van der Waals surface area contributed by atoms with Gasteiger partial charge in [-0.1, -0.05) is 36.4 Å². The number of hydrogen-bond donors (Lipinski definition) is 0. The number of hydrogen-bond acceptors (Lipinski definition) is 1. The second-order valence-corrected chi connectivity index (χ2v) is 3.86. The molecule has 0 saturated carbocycles. The first-order chi connectivity index (χ1) is 9.48. The first-order valence-corrected chi connectivity index (χ1v) is 5.70. The van der Waals surface area contributed by atoms with Gasteiger partial charge in [0.15, 0.2) is 0 Å². The van der Waals surface area contributed by atoms with E-state index in [9.17, 15) is 17.6 Å². The number of benzene rings is 2. The molecular weight excluding hydrogens is 272 g/mol. The van der Waals surface area contributed by atoms with Gasteiger partial charge in [-0.3, -0.25) is 0 Å². The van der Waals surface area contributed by atoms with Crippen molar-refractivity contribution in [3.63, 3.8) is 0 Å². The van der Waals surface area contributed by atoms with E-state index in [4.69, 9.17) is 0 Å². The summed E-state index contributed by atoms with van der Waals surface area (Å²) in [4.78, 5) is 2.96. The molecule has 0 aliphatic heterocycles. The maximum Gasteiger partial charge on any atom is 0.492 e. The third-order valence-electron chi connectivity index (χ3n) is 2.43. The molecule has 0 radical (unpaired) electrons. The Labute approximate surface area is 113 Å². The van der Waals surface area contributed by atoms with Crippen LogP contribution in [-0.4, -0.2) is 12.4 Å². The quantitative estimate of drug-likeness (QED) is 0.338. The van der Waals surface area contributed by atoms with Crippen molar-refractivity contribution in [3.8, 4) is 0 Å². The van der Waals surface area contributed by atoms with Crippen LogP contribution in [0.2, 0.25) is 0 Å². The summed E-state index contributed by atoms with van der Waals surface area (Å²) in [6.07, 6.45) is -6.53. The zero-order valence-electron chi connectivity index (χ0n) is 10.2. The van der Waals surface area contributed by atoms with Crippen LogP contribution in [-0.2, 0) is 0 Å². The zero-order valence-corrected chi connectivity index (χ0v) is 10.2. The fraction of sp³-hybridized carbons (Fsp3) is 0.0714. The summed E-state index contributed by atoms with van der Waals surface area (Å²) >= 11 is 0. The second kappa shape index (κ2) is 5.73.